The number of carboxylic acids is 1. The summed E-state index contributed by atoms with van der Waals surface area (Å²) in [4.78, 5) is 24.8. The number of hydrogen-bond donors (Lipinski definition) is 2. The highest BCUT2D eigenvalue weighted by Gasteiger charge is 2.34. The standard InChI is InChI=1S/C13H19NO3S/c1-9-5-6-11(13(16)17)14(8-9)12(15)10(2)4-3-7-18/h3-4,7,9,11,18H,5-6,8H2,1-2H3,(H,16,17)/b7-3-,10-4+. The van der Waals surface area contributed by atoms with E-state index in [4.69, 9.17) is 5.11 Å². The van der Waals surface area contributed by atoms with Crippen LogP contribution in [0.25, 0.3) is 0 Å². The average Bonchev–Trinajstić information content (AvgIpc) is 2.34. The molecule has 1 aliphatic heterocycles. The average molecular weight is 269 g/mol. The van der Waals surface area contributed by atoms with Crippen molar-refractivity contribution < 1.29 is 14.7 Å². The summed E-state index contributed by atoms with van der Waals surface area (Å²) < 4.78 is 0. The fourth-order valence-electron chi connectivity index (χ4n) is 2.12. The molecule has 1 saturated heterocycles. The fourth-order valence-corrected chi connectivity index (χ4v) is 2.21. The van der Waals surface area contributed by atoms with Crippen LogP contribution in [0.4, 0.5) is 0 Å². The number of amides is 1. The van der Waals surface area contributed by atoms with Gasteiger partial charge in [0, 0.05) is 12.1 Å². The summed E-state index contributed by atoms with van der Waals surface area (Å²) >= 11 is 3.91. The van der Waals surface area contributed by atoms with Crippen LogP contribution in [-0.2, 0) is 9.59 Å². The van der Waals surface area contributed by atoms with Gasteiger partial charge in [-0.1, -0.05) is 19.1 Å². The third-order valence-corrected chi connectivity index (χ3v) is 3.31. The van der Waals surface area contributed by atoms with Crippen molar-refractivity contribution in [2.24, 2.45) is 5.92 Å². The maximum atomic E-state index is 12.2. The molecule has 0 spiro atoms. The molecule has 4 nitrogen and oxygen atoms in total. The van der Waals surface area contributed by atoms with Crippen molar-refractivity contribution in [3.8, 4) is 0 Å². The summed E-state index contributed by atoms with van der Waals surface area (Å²) in [6.45, 7) is 4.23. The van der Waals surface area contributed by atoms with E-state index in [0.29, 0.717) is 24.5 Å². The maximum Gasteiger partial charge on any atom is 0.326 e. The summed E-state index contributed by atoms with van der Waals surface area (Å²) in [5.74, 6) is -0.786. The Morgan fingerprint density at radius 3 is 2.61 bits per heavy atom. The van der Waals surface area contributed by atoms with Crippen molar-refractivity contribution in [2.45, 2.75) is 32.7 Å². The van der Waals surface area contributed by atoms with Gasteiger partial charge in [-0.15, -0.1) is 0 Å². The number of piperidine rings is 1. The van der Waals surface area contributed by atoms with Gasteiger partial charge < -0.3 is 10.0 Å². The lowest BCUT2D eigenvalue weighted by molar-refractivity contribution is -0.151. The van der Waals surface area contributed by atoms with Crippen molar-refractivity contribution in [2.75, 3.05) is 6.54 Å². The van der Waals surface area contributed by atoms with Crippen LogP contribution in [-0.4, -0.2) is 34.5 Å². The third-order valence-electron chi connectivity index (χ3n) is 3.13. The molecule has 1 aliphatic rings. The van der Waals surface area contributed by atoms with Gasteiger partial charge >= 0.3 is 5.97 Å². The third kappa shape index (κ3) is 3.63. The van der Waals surface area contributed by atoms with E-state index in [2.05, 4.69) is 12.6 Å². The Morgan fingerprint density at radius 1 is 1.39 bits per heavy atom. The summed E-state index contributed by atoms with van der Waals surface area (Å²) in [6.07, 6.45) is 4.67. The van der Waals surface area contributed by atoms with E-state index < -0.39 is 12.0 Å². The Balaban J connectivity index is 2.88. The molecule has 1 amide bonds. The molecule has 0 aromatic heterocycles. The van der Waals surface area contributed by atoms with Gasteiger partial charge in [-0.2, -0.15) is 12.6 Å². The molecule has 1 heterocycles. The second-order valence-electron chi connectivity index (χ2n) is 4.69. The molecule has 1 rings (SSSR count). The first-order valence-electron chi connectivity index (χ1n) is 5.98. The molecular weight excluding hydrogens is 250 g/mol. The van der Waals surface area contributed by atoms with Crippen LogP contribution in [0.3, 0.4) is 0 Å². The molecule has 0 saturated carbocycles. The number of hydrogen-bond acceptors (Lipinski definition) is 3. The molecule has 0 radical (unpaired) electrons. The second kappa shape index (κ2) is 6.64. The van der Waals surface area contributed by atoms with Gasteiger partial charge in [0.25, 0.3) is 0 Å². The van der Waals surface area contributed by atoms with Gasteiger partial charge in [-0.05, 0) is 31.1 Å². The number of aliphatic carboxylic acids is 1. The van der Waals surface area contributed by atoms with E-state index in [1.54, 1.807) is 19.1 Å². The van der Waals surface area contributed by atoms with Crippen LogP contribution < -0.4 is 0 Å². The lowest BCUT2D eigenvalue weighted by Crippen LogP contribution is -2.50. The SMILES string of the molecule is C/C(=C\C=C/S)C(=O)N1CC(C)CCC1C(=O)O. The highest BCUT2D eigenvalue weighted by Crippen LogP contribution is 2.23. The van der Waals surface area contributed by atoms with Crippen LogP contribution in [0.2, 0.25) is 0 Å². The predicted molar refractivity (Wildman–Crippen MR) is 73.4 cm³/mol. The van der Waals surface area contributed by atoms with Gasteiger partial charge in [-0.25, -0.2) is 4.79 Å². The molecule has 2 atom stereocenters. The number of nitrogens with zero attached hydrogens (tertiary/aromatic N) is 1. The summed E-state index contributed by atoms with van der Waals surface area (Å²) in [5, 5.41) is 10.7. The Kier molecular flexibility index (Phi) is 5.47. The number of likely N-dealkylation sites (tertiary alicyclic amines) is 1. The van der Waals surface area contributed by atoms with Crippen molar-refractivity contribution in [3.05, 3.63) is 23.1 Å². The first-order chi connectivity index (χ1) is 8.47. The minimum atomic E-state index is -0.923. The zero-order chi connectivity index (χ0) is 13.7. The molecule has 0 bridgehead atoms. The van der Waals surface area contributed by atoms with E-state index in [1.165, 1.54) is 10.3 Å². The highest BCUT2D eigenvalue weighted by molar-refractivity contribution is 7.83. The van der Waals surface area contributed by atoms with E-state index >= 15 is 0 Å². The topological polar surface area (TPSA) is 57.6 Å². The predicted octanol–water partition coefficient (Wildman–Crippen LogP) is 2.09. The quantitative estimate of drug-likeness (QED) is 0.468. The lowest BCUT2D eigenvalue weighted by Gasteiger charge is -2.36. The Hall–Kier alpha value is -1.23. The molecule has 0 aliphatic carbocycles. The fraction of sp³-hybridized carbons (Fsp3) is 0.538. The molecule has 100 valence electrons. The summed E-state index contributed by atoms with van der Waals surface area (Å²) in [7, 11) is 0. The zero-order valence-electron chi connectivity index (χ0n) is 10.7. The Labute approximate surface area is 113 Å². The first kappa shape index (κ1) is 14.8. The number of carboxylic acid groups (broad SMARTS) is 1. The van der Waals surface area contributed by atoms with E-state index in [1.807, 2.05) is 6.92 Å². The van der Waals surface area contributed by atoms with E-state index in [9.17, 15) is 9.59 Å². The number of allylic oxidation sites excluding steroid dienone is 2. The Bertz CT molecular complexity index is 390. The minimum Gasteiger partial charge on any atom is -0.480 e. The molecule has 5 heteroatoms. The van der Waals surface area contributed by atoms with Gasteiger partial charge in [0.1, 0.15) is 6.04 Å². The lowest BCUT2D eigenvalue weighted by atomic mass is 9.93. The highest BCUT2D eigenvalue weighted by atomic mass is 32.1. The van der Waals surface area contributed by atoms with Crippen LogP contribution in [0, 0.1) is 5.92 Å². The molecule has 0 aromatic carbocycles. The van der Waals surface area contributed by atoms with Crippen LogP contribution in [0.1, 0.15) is 26.7 Å². The number of carbonyl (C=O) groups is 2. The van der Waals surface area contributed by atoms with E-state index in [0.717, 1.165) is 6.42 Å². The number of rotatable bonds is 3. The number of carbonyl (C=O) groups excluding carboxylic acids is 1. The van der Waals surface area contributed by atoms with Crippen LogP contribution in [0.5, 0.6) is 0 Å². The summed E-state index contributed by atoms with van der Waals surface area (Å²) in [6, 6.07) is -0.697. The van der Waals surface area contributed by atoms with Gasteiger partial charge in [0.05, 0.1) is 0 Å². The molecule has 0 aromatic rings. The normalized spacial score (nSPS) is 25.5. The summed E-state index contributed by atoms with van der Waals surface area (Å²) in [5.41, 5.74) is 0.528. The Morgan fingerprint density at radius 2 is 2.06 bits per heavy atom. The molecule has 2 unspecified atom stereocenters. The van der Waals surface area contributed by atoms with Crippen molar-refractivity contribution in [1.29, 1.82) is 0 Å². The van der Waals surface area contributed by atoms with Gasteiger partial charge in [0.15, 0.2) is 0 Å². The largest absolute Gasteiger partial charge is 0.480 e. The molecule has 18 heavy (non-hydrogen) atoms. The van der Waals surface area contributed by atoms with Crippen molar-refractivity contribution >= 4 is 24.5 Å². The van der Waals surface area contributed by atoms with E-state index in [-0.39, 0.29) is 5.91 Å². The molecule has 1 N–H and O–H groups in total. The molecule has 1 fully saturated rings. The maximum absolute atomic E-state index is 12.2. The first-order valence-corrected chi connectivity index (χ1v) is 6.50. The number of thiol groups is 1. The van der Waals surface area contributed by atoms with Gasteiger partial charge in [0.2, 0.25) is 5.91 Å². The van der Waals surface area contributed by atoms with Crippen molar-refractivity contribution in [3.63, 3.8) is 0 Å². The van der Waals surface area contributed by atoms with Crippen molar-refractivity contribution in [1.82, 2.24) is 4.90 Å². The minimum absolute atomic E-state index is 0.208. The van der Waals surface area contributed by atoms with Crippen LogP contribution >= 0.6 is 12.6 Å². The monoisotopic (exact) mass is 269 g/mol. The van der Waals surface area contributed by atoms with Gasteiger partial charge in [-0.3, -0.25) is 4.79 Å². The zero-order valence-corrected chi connectivity index (χ0v) is 11.6. The smallest absolute Gasteiger partial charge is 0.326 e. The second-order valence-corrected chi connectivity index (χ2v) is 4.98. The molecular formula is C13H19NO3S. The van der Waals surface area contributed by atoms with Crippen LogP contribution in [0.15, 0.2) is 23.1 Å².